The Labute approximate surface area is 120 Å². The normalized spacial score (nSPS) is 12.4. The lowest BCUT2D eigenvalue weighted by Gasteiger charge is -2.16. The molecule has 2 rings (SSSR count). The van der Waals surface area contributed by atoms with Crippen molar-refractivity contribution in [2.75, 3.05) is 6.54 Å². The molecule has 1 nitrogen and oxygen atoms in total. The minimum atomic E-state index is -0.170. The van der Waals surface area contributed by atoms with Gasteiger partial charge < -0.3 is 5.73 Å². The number of hydrogen-bond acceptors (Lipinski definition) is 1. The van der Waals surface area contributed by atoms with Crippen LogP contribution in [-0.2, 0) is 12.8 Å². The molecule has 1 atom stereocenters. The van der Waals surface area contributed by atoms with Crippen LogP contribution in [0.2, 0.25) is 0 Å². The smallest absolute Gasteiger partial charge is 0.123 e. The Bertz CT molecular complexity index is 560. The third-order valence-corrected chi connectivity index (χ3v) is 3.80. The maximum Gasteiger partial charge on any atom is 0.123 e. The van der Waals surface area contributed by atoms with Crippen LogP contribution in [0.1, 0.15) is 22.3 Å². The van der Waals surface area contributed by atoms with Crippen LogP contribution in [0.4, 0.5) is 4.39 Å². The first-order chi connectivity index (χ1) is 9.58. The second-order valence-corrected chi connectivity index (χ2v) is 5.57. The van der Waals surface area contributed by atoms with Gasteiger partial charge in [-0.3, -0.25) is 0 Å². The first-order valence-electron chi connectivity index (χ1n) is 7.09. The van der Waals surface area contributed by atoms with Gasteiger partial charge in [0, 0.05) is 0 Å². The highest BCUT2D eigenvalue weighted by Gasteiger charge is 2.11. The molecule has 0 aromatic heterocycles. The van der Waals surface area contributed by atoms with Crippen LogP contribution < -0.4 is 5.73 Å². The third-order valence-electron chi connectivity index (χ3n) is 3.80. The van der Waals surface area contributed by atoms with E-state index in [1.807, 2.05) is 13.0 Å². The molecule has 0 heterocycles. The van der Waals surface area contributed by atoms with Crippen molar-refractivity contribution in [3.8, 4) is 0 Å². The minimum Gasteiger partial charge on any atom is -0.330 e. The second-order valence-electron chi connectivity index (χ2n) is 5.57. The van der Waals surface area contributed by atoms with Crippen molar-refractivity contribution in [3.63, 3.8) is 0 Å². The summed E-state index contributed by atoms with van der Waals surface area (Å²) in [5.74, 6) is 0.176. The van der Waals surface area contributed by atoms with Gasteiger partial charge in [0.1, 0.15) is 5.82 Å². The molecular weight excluding hydrogens is 249 g/mol. The summed E-state index contributed by atoms with van der Waals surface area (Å²) in [5, 5.41) is 0. The van der Waals surface area contributed by atoms with Crippen LogP contribution in [0.15, 0.2) is 42.5 Å². The van der Waals surface area contributed by atoms with Gasteiger partial charge in [0.2, 0.25) is 0 Å². The molecule has 0 spiro atoms. The van der Waals surface area contributed by atoms with E-state index in [4.69, 9.17) is 5.73 Å². The van der Waals surface area contributed by atoms with E-state index in [-0.39, 0.29) is 5.82 Å². The lowest BCUT2D eigenvalue weighted by molar-refractivity contribution is 0.529. The molecule has 1 unspecified atom stereocenters. The molecule has 0 amide bonds. The predicted molar refractivity (Wildman–Crippen MR) is 82.3 cm³/mol. The predicted octanol–water partition coefficient (Wildman–Crippen LogP) is 3.80. The Kier molecular flexibility index (Phi) is 4.91. The van der Waals surface area contributed by atoms with Crippen LogP contribution in [-0.4, -0.2) is 6.54 Å². The molecule has 0 saturated carbocycles. The number of rotatable bonds is 5. The van der Waals surface area contributed by atoms with Gasteiger partial charge >= 0.3 is 0 Å². The van der Waals surface area contributed by atoms with Crippen molar-refractivity contribution in [2.24, 2.45) is 11.7 Å². The highest BCUT2D eigenvalue weighted by molar-refractivity contribution is 5.28. The van der Waals surface area contributed by atoms with Gasteiger partial charge in [0.15, 0.2) is 0 Å². The molecule has 0 aliphatic heterocycles. The zero-order valence-electron chi connectivity index (χ0n) is 12.2. The molecule has 2 N–H and O–H groups in total. The Morgan fingerprint density at radius 3 is 2.35 bits per heavy atom. The van der Waals surface area contributed by atoms with Crippen molar-refractivity contribution < 1.29 is 4.39 Å². The molecule has 0 fully saturated rings. The molecule has 0 bridgehead atoms. The Balaban J connectivity index is 2.08. The molecular formula is C18H22FN. The summed E-state index contributed by atoms with van der Waals surface area (Å²) in [7, 11) is 0. The first-order valence-corrected chi connectivity index (χ1v) is 7.09. The summed E-state index contributed by atoms with van der Waals surface area (Å²) < 4.78 is 13.3. The number of aryl methyl sites for hydroxylation is 2. The molecule has 0 saturated heterocycles. The average Bonchev–Trinajstić information content (AvgIpc) is 2.44. The van der Waals surface area contributed by atoms with Gasteiger partial charge in [-0.05, 0) is 68.0 Å². The standard InChI is InChI=1S/C18H22FN/c1-13-3-6-15(7-4-13)9-16(12-20)10-17-11-18(19)8-5-14(17)2/h3-8,11,16H,9-10,12,20H2,1-2H3. The number of halogens is 1. The average molecular weight is 271 g/mol. The molecule has 0 aliphatic carbocycles. The van der Waals surface area contributed by atoms with Crippen molar-refractivity contribution in [1.29, 1.82) is 0 Å². The van der Waals surface area contributed by atoms with Crippen molar-refractivity contribution in [3.05, 3.63) is 70.5 Å². The van der Waals surface area contributed by atoms with Gasteiger partial charge in [-0.2, -0.15) is 0 Å². The summed E-state index contributed by atoms with van der Waals surface area (Å²) >= 11 is 0. The first kappa shape index (κ1) is 14.7. The van der Waals surface area contributed by atoms with E-state index in [9.17, 15) is 4.39 Å². The van der Waals surface area contributed by atoms with E-state index in [1.165, 1.54) is 17.2 Å². The SMILES string of the molecule is Cc1ccc(CC(CN)Cc2cc(F)ccc2C)cc1. The molecule has 106 valence electrons. The second kappa shape index (κ2) is 6.67. The Morgan fingerprint density at radius 2 is 1.70 bits per heavy atom. The van der Waals surface area contributed by atoms with Crippen LogP contribution >= 0.6 is 0 Å². The largest absolute Gasteiger partial charge is 0.330 e. The summed E-state index contributed by atoms with van der Waals surface area (Å²) in [4.78, 5) is 0. The zero-order valence-corrected chi connectivity index (χ0v) is 12.2. The maximum atomic E-state index is 13.3. The molecule has 20 heavy (non-hydrogen) atoms. The molecule has 2 aromatic rings. The minimum absolute atomic E-state index is 0.170. The number of nitrogens with two attached hydrogens (primary N) is 1. The van der Waals surface area contributed by atoms with E-state index < -0.39 is 0 Å². The van der Waals surface area contributed by atoms with Gasteiger partial charge in [-0.25, -0.2) is 4.39 Å². The highest BCUT2D eigenvalue weighted by Crippen LogP contribution is 2.18. The van der Waals surface area contributed by atoms with Gasteiger partial charge in [0.05, 0.1) is 0 Å². The van der Waals surface area contributed by atoms with Crippen molar-refractivity contribution in [2.45, 2.75) is 26.7 Å². The van der Waals surface area contributed by atoms with E-state index in [0.29, 0.717) is 12.5 Å². The van der Waals surface area contributed by atoms with Gasteiger partial charge in [0.25, 0.3) is 0 Å². The third kappa shape index (κ3) is 3.91. The van der Waals surface area contributed by atoms with Crippen LogP contribution in [0.25, 0.3) is 0 Å². The van der Waals surface area contributed by atoms with E-state index in [2.05, 4.69) is 31.2 Å². The summed E-state index contributed by atoms with van der Waals surface area (Å²) in [5.41, 5.74) is 10.6. The zero-order chi connectivity index (χ0) is 14.5. The van der Waals surface area contributed by atoms with Crippen LogP contribution in [0.5, 0.6) is 0 Å². The lowest BCUT2D eigenvalue weighted by atomic mass is 9.90. The van der Waals surface area contributed by atoms with Crippen molar-refractivity contribution >= 4 is 0 Å². The monoisotopic (exact) mass is 271 g/mol. The molecule has 2 aromatic carbocycles. The fraction of sp³-hybridized carbons (Fsp3) is 0.333. The van der Waals surface area contributed by atoms with Crippen LogP contribution in [0, 0.1) is 25.6 Å². The maximum absolute atomic E-state index is 13.3. The van der Waals surface area contributed by atoms with Crippen molar-refractivity contribution in [1.82, 2.24) is 0 Å². The van der Waals surface area contributed by atoms with Crippen LogP contribution in [0.3, 0.4) is 0 Å². The summed E-state index contributed by atoms with van der Waals surface area (Å²) in [6, 6.07) is 13.5. The fourth-order valence-corrected chi connectivity index (χ4v) is 2.47. The van der Waals surface area contributed by atoms with Gasteiger partial charge in [-0.15, -0.1) is 0 Å². The Hall–Kier alpha value is -1.67. The van der Waals surface area contributed by atoms with E-state index in [0.717, 1.165) is 24.0 Å². The van der Waals surface area contributed by atoms with Gasteiger partial charge in [-0.1, -0.05) is 35.9 Å². The number of benzene rings is 2. The lowest BCUT2D eigenvalue weighted by Crippen LogP contribution is -2.20. The van der Waals surface area contributed by atoms with E-state index >= 15 is 0 Å². The molecule has 2 heteroatoms. The molecule has 0 radical (unpaired) electrons. The highest BCUT2D eigenvalue weighted by atomic mass is 19.1. The summed E-state index contributed by atoms with van der Waals surface area (Å²) in [6.45, 7) is 4.72. The fourth-order valence-electron chi connectivity index (χ4n) is 2.47. The molecule has 0 aliphatic rings. The quantitative estimate of drug-likeness (QED) is 0.879. The summed E-state index contributed by atoms with van der Waals surface area (Å²) in [6.07, 6.45) is 1.76. The topological polar surface area (TPSA) is 26.0 Å². The number of hydrogen-bond donors (Lipinski definition) is 1. The Morgan fingerprint density at radius 1 is 1.00 bits per heavy atom. The van der Waals surface area contributed by atoms with E-state index in [1.54, 1.807) is 6.07 Å².